The summed E-state index contributed by atoms with van der Waals surface area (Å²) in [7, 11) is -4.26. The van der Waals surface area contributed by atoms with Crippen LogP contribution in [0.25, 0.3) is 0 Å². The number of benzene rings is 2. The average Bonchev–Trinajstić information content (AvgIpc) is 3.60. The SMILES string of the molecule is N#CC1(NC(=O)C2CC(S(=O)(=O)c3ccc(OCC(F)(F)F)cc3Cl)CN2C(=O)C2(c3ccccc3)CCCCC2)CC1. The Kier molecular flexibility index (Phi) is 8.44. The van der Waals surface area contributed by atoms with Crippen LogP contribution in [0.1, 0.15) is 56.9 Å². The molecule has 1 saturated heterocycles. The molecule has 2 saturated carbocycles. The fourth-order valence-electron chi connectivity index (χ4n) is 6.16. The third-order valence-corrected chi connectivity index (χ3v) is 11.3. The molecule has 1 aliphatic heterocycles. The molecule has 1 N–H and O–H groups in total. The number of ether oxygens (including phenoxy) is 1. The molecular formula is C30H31ClF3N3O5S. The summed E-state index contributed by atoms with van der Waals surface area (Å²) in [6, 6.07) is 13.4. The van der Waals surface area contributed by atoms with Crippen LogP contribution >= 0.6 is 11.6 Å². The standard InChI is InChI=1S/C30H31ClF3N3O5S/c31-23-15-21(42-19-30(32,33)34)9-10-25(23)43(40,41)22-16-24(26(38)36-28(18-35)13-14-28)37(17-22)27(39)29(11-5-2-6-12-29)20-7-3-1-4-8-20/h1,3-4,7-10,15,22,24H,2,5-6,11-14,16-17,19H2,(H,36,38). The molecule has 8 nitrogen and oxygen atoms in total. The lowest BCUT2D eigenvalue weighted by Gasteiger charge is -2.40. The van der Waals surface area contributed by atoms with Crippen molar-refractivity contribution < 1.29 is 35.9 Å². The van der Waals surface area contributed by atoms with Crippen LogP contribution in [-0.2, 0) is 24.8 Å². The van der Waals surface area contributed by atoms with Gasteiger partial charge < -0.3 is 15.0 Å². The first kappa shape index (κ1) is 31.1. The number of likely N-dealkylation sites (tertiary alicyclic amines) is 1. The van der Waals surface area contributed by atoms with Gasteiger partial charge in [0.1, 0.15) is 17.3 Å². The Balaban J connectivity index is 1.47. The van der Waals surface area contributed by atoms with Gasteiger partial charge in [-0.3, -0.25) is 9.59 Å². The minimum absolute atomic E-state index is 0.227. The zero-order valence-electron chi connectivity index (χ0n) is 23.2. The molecule has 1 heterocycles. The minimum Gasteiger partial charge on any atom is -0.484 e. The topological polar surface area (TPSA) is 117 Å². The van der Waals surface area contributed by atoms with Gasteiger partial charge in [-0.05, 0) is 49.8 Å². The highest BCUT2D eigenvalue weighted by Gasteiger charge is 2.54. The van der Waals surface area contributed by atoms with E-state index >= 15 is 0 Å². The Morgan fingerprint density at radius 3 is 2.33 bits per heavy atom. The number of amides is 2. The molecule has 2 amide bonds. The van der Waals surface area contributed by atoms with Crippen LogP contribution in [0.2, 0.25) is 5.02 Å². The van der Waals surface area contributed by atoms with Crippen molar-refractivity contribution in [2.24, 2.45) is 0 Å². The smallest absolute Gasteiger partial charge is 0.422 e. The Bertz CT molecular complexity index is 1530. The van der Waals surface area contributed by atoms with Crippen LogP contribution in [0.15, 0.2) is 53.4 Å². The first-order valence-electron chi connectivity index (χ1n) is 14.1. The molecule has 230 valence electrons. The van der Waals surface area contributed by atoms with E-state index in [-0.39, 0.29) is 34.5 Å². The first-order chi connectivity index (χ1) is 20.3. The van der Waals surface area contributed by atoms with Gasteiger partial charge in [-0.2, -0.15) is 18.4 Å². The van der Waals surface area contributed by atoms with Crippen LogP contribution in [0.3, 0.4) is 0 Å². The molecule has 43 heavy (non-hydrogen) atoms. The number of rotatable bonds is 8. The summed E-state index contributed by atoms with van der Waals surface area (Å²) in [5.74, 6) is -1.18. The predicted molar refractivity (Wildman–Crippen MR) is 151 cm³/mol. The van der Waals surface area contributed by atoms with E-state index in [9.17, 15) is 36.4 Å². The van der Waals surface area contributed by atoms with Crippen molar-refractivity contribution in [1.29, 1.82) is 5.26 Å². The number of carbonyl (C=O) groups is 2. The van der Waals surface area contributed by atoms with Crippen LogP contribution in [0, 0.1) is 11.3 Å². The minimum atomic E-state index is -4.59. The molecule has 13 heteroatoms. The number of hydrogen-bond donors (Lipinski definition) is 1. The highest BCUT2D eigenvalue weighted by Crippen LogP contribution is 2.44. The number of nitriles is 1. The van der Waals surface area contributed by atoms with Crippen molar-refractivity contribution in [2.45, 2.75) is 84.7 Å². The van der Waals surface area contributed by atoms with Crippen molar-refractivity contribution in [3.63, 3.8) is 0 Å². The van der Waals surface area contributed by atoms with Crippen LogP contribution in [0.5, 0.6) is 5.75 Å². The number of alkyl halides is 3. The predicted octanol–water partition coefficient (Wildman–Crippen LogP) is 5.10. The molecule has 0 aromatic heterocycles. The molecule has 2 aromatic rings. The summed E-state index contributed by atoms with van der Waals surface area (Å²) in [6.45, 7) is -1.85. The third kappa shape index (κ3) is 6.34. The van der Waals surface area contributed by atoms with Crippen molar-refractivity contribution in [3.05, 3.63) is 59.1 Å². The first-order valence-corrected chi connectivity index (χ1v) is 16.1. The van der Waals surface area contributed by atoms with Crippen molar-refractivity contribution in [1.82, 2.24) is 10.2 Å². The third-order valence-electron chi connectivity index (χ3n) is 8.65. The van der Waals surface area contributed by atoms with Gasteiger partial charge in [-0.1, -0.05) is 61.2 Å². The monoisotopic (exact) mass is 637 g/mol. The second-order valence-electron chi connectivity index (χ2n) is 11.6. The van der Waals surface area contributed by atoms with Crippen LogP contribution in [0.4, 0.5) is 13.2 Å². The van der Waals surface area contributed by atoms with Gasteiger partial charge in [0, 0.05) is 12.6 Å². The van der Waals surface area contributed by atoms with Crippen molar-refractivity contribution in [2.75, 3.05) is 13.2 Å². The Morgan fingerprint density at radius 2 is 1.74 bits per heavy atom. The summed E-state index contributed by atoms with van der Waals surface area (Å²) in [5.41, 5.74) is -1.16. The number of hydrogen-bond acceptors (Lipinski definition) is 6. The number of sulfone groups is 1. The van der Waals surface area contributed by atoms with E-state index in [2.05, 4.69) is 16.1 Å². The molecule has 3 aliphatic rings. The van der Waals surface area contributed by atoms with E-state index in [0.717, 1.165) is 43.0 Å². The summed E-state index contributed by atoms with van der Waals surface area (Å²) < 4.78 is 70.2. The lowest BCUT2D eigenvalue weighted by Crippen LogP contribution is -2.55. The van der Waals surface area contributed by atoms with E-state index in [1.807, 2.05) is 30.3 Å². The number of halogens is 4. The van der Waals surface area contributed by atoms with E-state index in [1.165, 1.54) is 4.90 Å². The maximum Gasteiger partial charge on any atom is 0.422 e. The Labute approximate surface area is 253 Å². The second kappa shape index (κ2) is 11.7. The molecule has 3 fully saturated rings. The van der Waals surface area contributed by atoms with Gasteiger partial charge in [-0.25, -0.2) is 8.42 Å². The quantitative estimate of drug-likeness (QED) is 0.431. The Hall–Kier alpha value is -3.30. The zero-order valence-corrected chi connectivity index (χ0v) is 24.8. The number of nitrogens with zero attached hydrogens (tertiary/aromatic N) is 2. The molecule has 0 spiro atoms. The van der Waals surface area contributed by atoms with E-state index in [4.69, 9.17) is 11.6 Å². The molecule has 2 unspecified atom stereocenters. The van der Waals surface area contributed by atoms with E-state index in [1.54, 1.807) is 0 Å². The molecule has 2 aromatic carbocycles. The largest absolute Gasteiger partial charge is 0.484 e. The molecule has 2 atom stereocenters. The summed E-state index contributed by atoms with van der Waals surface area (Å²) in [6.07, 6.45) is -0.257. The van der Waals surface area contributed by atoms with E-state index in [0.29, 0.717) is 25.7 Å². The Morgan fingerprint density at radius 1 is 1.07 bits per heavy atom. The van der Waals surface area contributed by atoms with Gasteiger partial charge in [0.15, 0.2) is 16.4 Å². The van der Waals surface area contributed by atoms with Crippen molar-refractivity contribution in [3.8, 4) is 11.8 Å². The maximum atomic E-state index is 14.5. The molecule has 5 rings (SSSR count). The highest BCUT2D eigenvalue weighted by molar-refractivity contribution is 7.92. The molecule has 2 aliphatic carbocycles. The lowest BCUT2D eigenvalue weighted by molar-refractivity contribution is -0.153. The lowest BCUT2D eigenvalue weighted by atomic mass is 9.68. The summed E-state index contributed by atoms with van der Waals surface area (Å²) in [4.78, 5) is 29.1. The van der Waals surface area contributed by atoms with Gasteiger partial charge in [0.05, 0.1) is 26.7 Å². The van der Waals surface area contributed by atoms with Gasteiger partial charge in [0.25, 0.3) is 0 Å². The molecule has 0 radical (unpaired) electrons. The fourth-order valence-corrected chi connectivity index (χ4v) is 8.40. The second-order valence-corrected chi connectivity index (χ2v) is 14.2. The van der Waals surface area contributed by atoms with Gasteiger partial charge in [0.2, 0.25) is 11.8 Å². The number of nitrogens with one attached hydrogen (secondary N) is 1. The van der Waals surface area contributed by atoms with Gasteiger partial charge in [-0.15, -0.1) is 0 Å². The summed E-state index contributed by atoms with van der Waals surface area (Å²) >= 11 is 6.24. The number of carbonyl (C=O) groups excluding carboxylic acids is 2. The molecular weight excluding hydrogens is 607 g/mol. The fraction of sp³-hybridized carbons (Fsp3) is 0.500. The zero-order chi connectivity index (χ0) is 31.0. The average molecular weight is 638 g/mol. The van der Waals surface area contributed by atoms with Gasteiger partial charge >= 0.3 is 6.18 Å². The highest BCUT2D eigenvalue weighted by atomic mass is 35.5. The van der Waals surface area contributed by atoms with Crippen LogP contribution in [-0.4, -0.2) is 61.3 Å². The maximum absolute atomic E-state index is 14.5. The normalized spacial score (nSPS) is 22.8. The molecule has 0 bridgehead atoms. The van der Waals surface area contributed by atoms with Crippen LogP contribution < -0.4 is 10.1 Å². The summed E-state index contributed by atoms with van der Waals surface area (Å²) in [5, 5.41) is 10.7. The van der Waals surface area contributed by atoms with Crippen molar-refractivity contribution >= 4 is 33.3 Å². The van der Waals surface area contributed by atoms with E-state index < -0.39 is 50.8 Å².